The fraction of sp³-hybridized carbons (Fsp3) is 0.333. The largest absolute Gasteiger partial charge is 0.345 e. The van der Waals surface area contributed by atoms with Crippen molar-refractivity contribution < 1.29 is 4.79 Å². The summed E-state index contributed by atoms with van der Waals surface area (Å²) in [6.45, 7) is 1.99. The second-order valence-electron chi connectivity index (χ2n) is 2.88. The maximum Gasteiger partial charge on any atom is 0.246 e. The Morgan fingerprint density at radius 3 is 2.77 bits per heavy atom. The van der Waals surface area contributed by atoms with Crippen LogP contribution in [0.3, 0.4) is 0 Å². The SMILES string of the molecule is Cc1cnc(/C=C/C(=O)N(C)C)s1. The third kappa shape index (κ3) is 2.99. The van der Waals surface area contributed by atoms with Gasteiger partial charge in [-0.1, -0.05) is 0 Å². The van der Waals surface area contributed by atoms with E-state index in [2.05, 4.69) is 4.98 Å². The Bertz CT molecular complexity index is 328. The Morgan fingerprint density at radius 2 is 2.31 bits per heavy atom. The summed E-state index contributed by atoms with van der Waals surface area (Å²) >= 11 is 1.57. The van der Waals surface area contributed by atoms with Crippen molar-refractivity contribution in [2.45, 2.75) is 6.92 Å². The molecular formula is C9H12N2OS. The maximum absolute atomic E-state index is 11.1. The number of nitrogens with zero attached hydrogens (tertiary/aromatic N) is 2. The van der Waals surface area contributed by atoms with Crippen LogP contribution >= 0.6 is 11.3 Å². The minimum atomic E-state index is -0.0205. The lowest BCUT2D eigenvalue weighted by Crippen LogP contribution is -2.18. The van der Waals surface area contributed by atoms with E-state index in [0.29, 0.717) is 0 Å². The van der Waals surface area contributed by atoms with E-state index in [4.69, 9.17) is 0 Å². The fourth-order valence-corrected chi connectivity index (χ4v) is 1.42. The molecule has 1 aromatic heterocycles. The van der Waals surface area contributed by atoms with E-state index in [-0.39, 0.29) is 5.91 Å². The van der Waals surface area contributed by atoms with Gasteiger partial charge in [-0.3, -0.25) is 4.79 Å². The first-order valence-electron chi connectivity index (χ1n) is 3.91. The molecule has 0 spiro atoms. The Morgan fingerprint density at radius 1 is 1.62 bits per heavy atom. The van der Waals surface area contributed by atoms with Crippen molar-refractivity contribution in [2.24, 2.45) is 0 Å². The number of hydrogen-bond acceptors (Lipinski definition) is 3. The molecule has 0 N–H and O–H groups in total. The molecule has 0 saturated carbocycles. The highest BCUT2D eigenvalue weighted by atomic mass is 32.1. The molecule has 0 fully saturated rings. The van der Waals surface area contributed by atoms with Gasteiger partial charge in [0.1, 0.15) is 5.01 Å². The number of rotatable bonds is 2. The molecule has 0 radical (unpaired) electrons. The molecule has 0 atom stereocenters. The quantitative estimate of drug-likeness (QED) is 0.672. The number of carbonyl (C=O) groups excluding carboxylic acids is 1. The molecule has 0 aliphatic rings. The number of aryl methyl sites for hydroxylation is 1. The molecule has 1 rings (SSSR count). The molecule has 0 aliphatic heterocycles. The van der Waals surface area contributed by atoms with Crippen LogP contribution in [0.25, 0.3) is 6.08 Å². The molecule has 4 heteroatoms. The lowest BCUT2D eigenvalue weighted by molar-refractivity contribution is -0.123. The summed E-state index contributed by atoms with van der Waals surface area (Å²) in [6.07, 6.45) is 5.06. The van der Waals surface area contributed by atoms with Crippen molar-refractivity contribution >= 4 is 23.3 Å². The number of carbonyl (C=O) groups is 1. The second-order valence-corrected chi connectivity index (χ2v) is 4.14. The molecule has 13 heavy (non-hydrogen) atoms. The van der Waals surface area contributed by atoms with Gasteiger partial charge in [-0.2, -0.15) is 0 Å². The van der Waals surface area contributed by atoms with E-state index in [9.17, 15) is 4.79 Å². The zero-order valence-corrected chi connectivity index (χ0v) is 8.76. The van der Waals surface area contributed by atoms with Crippen molar-refractivity contribution in [3.8, 4) is 0 Å². The van der Waals surface area contributed by atoms with Crippen LogP contribution in [0.1, 0.15) is 9.88 Å². The molecule has 0 aliphatic carbocycles. The van der Waals surface area contributed by atoms with E-state index < -0.39 is 0 Å². The minimum absolute atomic E-state index is 0.0205. The molecule has 0 bridgehead atoms. The second kappa shape index (κ2) is 4.18. The van der Waals surface area contributed by atoms with Gasteiger partial charge < -0.3 is 4.90 Å². The first-order chi connectivity index (χ1) is 6.09. The van der Waals surface area contributed by atoms with Gasteiger partial charge in [0.25, 0.3) is 0 Å². The van der Waals surface area contributed by atoms with Crippen molar-refractivity contribution in [1.29, 1.82) is 0 Å². The fourth-order valence-electron chi connectivity index (χ4n) is 0.741. The third-order valence-electron chi connectivity index (χ3n) is 1.45. The summed E-state index contributed by atoms with van der Waals surface area (Å²) in [5, 5.41) is 0.868. The Labute approximate surface area is 81.7 Å². The highest BCUT2D eigenvalue weighted by Gasteiger charge is 1.98. The Hall–Kier alpha value is -1.16. The highest BCUT2D eigenvalue weighted by Crippen LogP contribution is 2.12. The van der Waals surface area contributed by atoms with Gasteiger partial charge in [0.05, 0.1) is 0 Å². The number of aromatic nitrogens is 1. The molecule has 1 heterocycles. The van der Waals surface area contributed by atoms with Crippen LogP contribution in [0.15, 0.2) is 12.3 Å². The van der Waals surface area contributed by atoms with Gasteiger partial charge in [-0.05, 0) is 13.0 Å². The standard InChI is InChI=1S/C9H12N2OS/c1-7-6-10-8(13-7)4-5-9(12)11(2)3/h4-6H,1-3H3/b5-4+. The van der Waals surface area contributed by atoms with Crippen LogP contribution in [0, 0.1) is 6.92 Å². The summed E-state index contributed by atoms with van der Waals surface area (Å²) in [4.78, 5) is 17.9. The molecule has 3 nitrogen and oxygen atoms in total. The van der Waals surface area contributed by atoms with E-state index in [0.717, 1.165) is 9.88 Å². The minimum Gasteiger partial charge on any atom is -0.345 e. The van der Waals surface area contributed by atoms with E-state index in [1.165, 1.54) is 11.0 Å². The summed E-state index contributed by atoms with van der Waals surface area (Å²) in [6, 6.07) is 0. The van der Waals surface area contributed by atoms with Crippen LogP contribution in [0.2, 0.25) is 0 Å². The highest BCUT2D eigenvalue weighted by molar-refractivity contribution is 7.12. The normalized spacial score (nSPS) is 10.7. The Kier molecular flexibility index (Phi) is 3.19. The van der Waals surface area contributed by atoms with Gasteiger partial charge >= 0.3 is 0 Å². The van der Waals surface area contributed by atoms with E-state index in [1.807, 2.05) is 6.92 Å². The number of thiazole rings is 1. The summed E-state index contributed by atoms with van der Waals surface area (Å²) in [7, 11) is 3.44. The van der Waals surface area contributed by atoms with Crippen LogP contribution in [0.5, 0.6) is 0 Å². The summed E-state index contributed by atoms with van der Waals surface area (Å²) in [5.41, 5.74) is 0. The molecule has 70 valence electrons. The van der Waals surface area contributed by atoms with Crippen LogP contribution < -0.4 is 0 Å². The molecule has 0 aromatic carbocycles. The van der Waals surface area contributed by atoms with E-state index in [1.54, 1.807) is 37.7 Å². The predicted octanol–water partition coefficient (Wildman–Crippen LogP) is 1.55. The van der Waals surface area contributed by atoms with Crippen LogP contribution in [0.4, 0.5) is 0 Å². The van der Waals surface area contributed by atoms with Crippen molar-refractivity contribution in [3.05, 3.63) is 22.2 Å². The summed E-state index contributed by atoms with van der Waals surface area (Å²) < 4.78 is 0. The van der Waals surface area contributed by atoms with Gasteiger partial charge in [0.2, 0.25) is 5.91 Å². The molecular weight excluding hydrogens is 184 g/mol. The topological polar surface area (TPSA) is 33.2 Å². The lowest BCUT2D eigenvalue weighted by Gasteiger charge is -2.04. The van der Waals surface area contributed by atoms with Crippen molar-refractivity contribution in [3.63, 3.8) is 0 Å². The molecule has 1 aromatic rings. The number of amides is 1. The number of likely N-dealkylation sites (N-methyl/N-ethyl adjacent to an activating group) is 1. The first-order valence-corrected chi connectivity index (χ1v) is 4.73. The van der Waals surface area contributed by atoms with Crippen molar-refractivity contribution in [1.82, 2.24) is 9.88 Å². The number of hydrogen-bond donors (Lipinski definition) is 0. The van der Waals surface area contributed by atoms with Crippen LogP contribution in [-0.2, 0) is 4.79 Å². The zero-order valence-electron chi connectivity index (χ0n) is 7.94. The van der Waals surface area contributed by atoms with Crippen LogP contribution in [-0.4, -0.2) is 29.9 Å². The molecule has 0 saturated heterocycles. The van der Waals surface area contributed by atoms with Crippen molar-refractivity contribution in [2.75, 3.05) is 14.1 Å². The van der Waals surface area contributed by atoms with Gasteiger partial charge in [-0.15, -0.1) is 11.3 Å². The average molecular weight is 196 g/mol. The molecule has 1 amide bonds. The predicted molar refractivity (Wildman–Crippen MR) is 54.6 cm³/mol. The van der Waals surface area contributed by atoms with Gasteiger partial charge in [-0.25, -0.2) is 4.98 Å². The first kappa shape index (κ1) is 9.92. The zero-order chi connectivity index (χ0) is 9.84. The average Bonchev–Trinajstić information content (AvgIpc) is 2.47. The monoisotopic (exact) mass is 196 g/mol. The molecule has 0 unspecified atom stereocenters. The smallest absolute Gasteiger partial charge is 0.246 e. The van der Waals surface area contributed by atoms with Gasteiger partial charge in [0, 0.05) is 31.2 Å². The van der Waals surface area contributed by atoms with Gasteiger partial charge in [0.15, 0.2) is 0 Å². The third-order valence-corrected chi connectivity index (χ3v) is 2.33. The lowest BCUT2D eigenvalue weighted by atomic mass is 10.4. The van der Waals surface area contributed by atoms with E-state index >= 15 is 0 Å². The summed E-state index contributed by atoms with van der Waals surface area (Å²) in [5.74, 6) is -0.0205. The maximum atomic E-state index is 11.1. The Balaban J connectivity index is 2.64.